The number of carbonyl (C=O) groups is 1. The van der Waals surface area contributed by atoms with Crippen LogP contribution in [0.2, 0.25) is 5.15 Å². The minimum atomic E-state index is -0.167. The van der Waals surface area contributed by atoms with Crippen LogP contribution in [0.15, 0.2) is 12.1 Å². The number of halogens is 1. The molecule has 0 aliphatic carbocycles. The van der Waals surface area contributed by atoms with Crippen LogP contribution in [-0.4, -0.2) is 16.9 Å². The number of nitrogens with zero attached hydrogens (tertiary/aromatic N) is 1. The lowest BCUT2D eigenvalue weighted by atomic mass is 10.1. The first-order chi connectivity index (χ1) is 8.56. The van der Waals surface area contributed by atoms with E-state index in [-0.39, 0.29) is 11.9 Å². The quantitative estimate of drug-likeness (QED) is 0.656. The van der Waals surface area contributed by atoms with Crippen LogP contribution in [0.3, 0.4) is 0 Å². The van der Waals surface area contributed by atoms with Crippen LogP contribution >= 0.6 is 11.6 Å². The predicted molar refractivity (Wildman–Crippen MR) is 73.6 cm³/mol. The Morgan fingerprint density at radius 3 is 2.94 bits per heavy atom. The topological polar surface area (TPSA) is 42.0 Å². The summed E-state index contributed by atoms with van der Waals surface area (Å²) in [5.74, 6) is 2.35. The molecule has 1 heterocycles. The number of amides is 1. The molecule has 18 heavy (non-hydrogen) atoms. The third kappa shape index (κ3) is 4.38. The standard InChI is InChI=1S/C14H17ClN2O/c1-4-6-10(3)16-14(18)11-8-12(7-5-2)17-13(15)9-11/h1,8-10H,5-7H2,2-3H3,(H,16,18). The normalized spacial score (nSPS) is 11.7. The van der Waals surface area contributed by atoms with Crippen molar-refractivity contribution in [3.63, 3.8) is 0 Å². The predicted octanol–water partition coefficient (Wildman–Crippen LogP) is 2.83. The molecule has 1 rings (SSSR count). The third-order valence-corrected chi connectivity index (χ3v) is 2.61. The lowest BCUT2D eigenvalue weighted by Crippen LogP contribution is -2.32. The van der Waals surface area contributed by atoms with Crippen LogP contribution in [-0.2, 0) is 6.42 Å². The van der Waals surface area contributed by atoms with E-state index in [1.54, 1.807) is 12.1 Å². The molecule has 96 valence electrons. The second kappa shape index (κ2) is 7.03. The lowest BCUT2D eigenvalue weighted by Gasteiger charge is -2.11. The van der Waals surface area contributed by atoms with Crippen molar-refractivity contribution in [3.05, 3.63) is 28.5 Å². The van der Waals surface area contributed by atoms with Crippen molar-refractivity contribution in [2.24, 2.45) is 0 Å². The number of aryl methyl sites for hydroxylation is 1. The van der Waals surface area contributed by atoms with Crippen molar-refractivity contribution >= 4 is 17.5 Å². The fraction of sp³-hybridized carbons (Fsp3) is 0.429. The molecule has 1 aromatic heterocycles. The molecule has 1 atom stereocenters. The van der Waals surface area contributed by atoms with E-state index in [9.17, 15) is 4.79 Å². The smallest absolute Gasteiger partial charge is 0.251 e. The molecular weight excluding hydrogens is 248 g/mol. The van der Waals surface area contributed by atoms with Gasteiger partial charge in [0.15, 0.2) is 0 Å². The number of hydrogen-bond acceptors (Lipinski definition) is 2. The van der Waals surface area contributed by atoms with Gasteiger partial charge in [0.2, 0.25) is 0 Å². The van der Waals surface area contributed by atoms with E-state index in [1.807, 2.05) is 6.92 Å². The Hall–Kier alpha value is -1.53. The highest BCUT2D eigenvalue weighted by atomic mass is 35.5. The highest BCUT2D eigenvalue weighted by Crippen LogP contribution is 2.12. The zero-order valence-corrected chi connectivity index (χ0v) is 11.4. The zero-order valence-electron chi connectivity index (χ0n) is 10.7. The van der Waals surface area contributed by atoms with Crippen molar-refractivity contribution in [1.82, 2.24) is 10.3 Å². The number of rotatable bonds is 5. The fourth-order valence-corrected chi connectivity index (χ4v) is 1.83. The number of pyridine rings is 1. The van der Waals surface area contributed by atoms with Crippen LogP contribution in [0.25, 0.3) is 0 Å². The summed E-state index contributed by atoms with van der Waals surface area (Å²) < 4.78 is 0. The average molecular weight is 265 g/mol. The van der Waals surface area contributed by atoms with Gasteiger partial charge in [-0.05, 0) is 25.5 Å². The molecule has 4 heteroatoms. The Labute approximate surface area is 113 Å². The summed E-state index contributed by atoms with van der Waals surface area (Å²) in [6, 6.07) is 3.29. The summed E-state index contributed by atoms with van der Waals surface area (Å²) in [7, 11) is 0. The molecule has 1 aromatic rings. The van der Waals surface area contributed by atoms with E-state index >= 15 is 0 Å². The fourth-order valence-electron chi connectivity index (χ4n) is 1.60. The number of hydrogen-bond donors (Lipinski definition) is 1. The summed E-state index contributed by atoms with van der Waals surface area (Å²) in [4.78, 5) is 16.1. The Morgan fingerprint density at radius 2 is 2.33 bits per heavy atom. The minimum absolute atomic E-state index is 0.0518. The van der Waals surface area contributed by atoms with E-state index in [0.717, 1.165) is 18.5 Å². The van der Waals surface area contributed by atoms with E-state index in [0.29, 0.717) is 17.1 Å². The van der Waals surface area contributed by atoms with Crippen molar-refractivity contribution in [2.75, 3.05) is 0 Å². The van der Waals surface area contributed by atoms with E-state index < -0.39 is 0 Å². The van der Waals surface area contributed by atoms with E-state index in [4.69, 9.17) is 18.0 Å². The Balaban J connectivity index is 2.82. The van der Waals surface area contributed by atoms with Gasteiger partial charge < -0.3 is 5.32 Å². The minimum Gasteiger partial charge on any atom is -0.349 e. The molecule has 3 nitrogen and oxygen atoms in total. The molecule has 0 saturated carbocycles. The van der Waals surface area contributed by atoms with Crippen molar-refractivity contribution in [1.29, 1.82) is 0 Å². The average Bonchev–Trinajstić information content (AvgIpc) is 2.28. The molecule has 1 amide bonds. The number of nitrogens with one attached hydrogen (secondary N) is 1. The van der Waals surface area contributed by atoms with Gasteiger partial charge in [-0.25, -0.2) is 4.98 Å². The zero-order chi connectivity index (χ0) is 13.5. The number of terminal acetylenes is 1. The van der Waals surface area contributed by atoms with Gasteiger partial charge in [-0.15, -0.1) is 12.3 Å². The highest BCUT2D eigenvalue weighted by Gasteiger charge is 2.11. The maximum atomic E-state index is 12.0. The van der Waals surface area contributed by atoms with Gasteiger partial charge in [-0.1, -0.05) is 24.9 Å². The number of carbonyl (C=O) groups excluding carboxylic acids is 1. The van der Waals surface area contributed by atoms with Crippen LogP contribution in [0.1, 0.15) is 42.7 Å². The van der Waals surface area contributed by atoms with E-state index in [2.05, 4.69) is 23.1 Å². The monoisotopic (exact) mass is 264 g/mol. The summed E-state index contributed by atoms with van der Waals surface area (Å²) in [5, 5.41) is 3.17. The maximum Gasteiger partial charge on any atom is 0.251 e. The van der Waals surface area contributed by atoms with Crippen molar-refractivity contribution in [3.8, 4) is 12.3 Å². The van der Waals surface area contributed by atoms with Crippen LogP contribution in [0.5, 0.6) is 0 Å². The van der Waals surface area contributed by atoms with Gasteiger partial charge in [0.1, 0.15) is 5.15 Å². The second-order valence-electron chi connectivity index (χ2n) is 4.20. The molecule has 0 aliphatic rings. The molecule has 0 fully saturated rings. The van der Waals surface area contributed by atoms with Gasteiger partial charge in [0.25, 0.3) is 5.91 Å². The third-order valence-electron chi connectivity index (χ3n) is 2.42. The van der Waals surface area contributed by atoms with Gasteiger partial charge in [-0.2, -0.15) is 0 Å². The molecule has 0 saturated heterocycles. The first-order valence-corrected chi connectivity index (χ1v) is 6.35. The molecule has 0 spiro atoms. The number of aromatic nitrogens is 1. The Kier molecular flexibility index (Phi) is 5.67. The summed E-state index contributed by atoms with van der Waals surface area (Å²) >= 11 is 5.90. The van der Waals surface area contributed by atoms with E-state index in [1.165, 1.54) is 0 Å². The largest absolute Gasteiger partial charge is 0.349 e. The summed E-state index contributed by atoms with van der Waals surface area (Å²) in [5.41, 5.74) is 1.36. The van der Waals surface area contributed by atoms with Crippen LogP contribution in [0, 0.1) is 12.3 Å². The molecule has 0 radical (unpaired) electrons. The van der Waals surface area contributed by atoms with Crippen LogP contribution in [0.4, 0.5) is 0 Å². The molecule has 0 aliphatic heterocycles. The highest BCUT2D eigenvalue weighted by molar-refractivity contribution is 6.29. The molecule has 0 bridgehead atoms. The first-order valence-electron chi connectivity index (χ1n) is 5.97. The lowest BCUT2D eigenvalue weighted by molar-refractivity contribution is 0.0940. The Morgan fingerprint density at radius 1 is 1.61 bits per heavy atom. The summed E-state index contributed by atoms with van der Waals surface area (Å²) in [6.45, 7) is 3.92. The van der Waals surface area contributed by atoms with Crippen molar-refractivity contribution in [2.45, 2.75) is 39.2 Å². The Bertz CT molecular complexity index is 465. The summed E-state index contributed by atoms with van der Waals surface area (Å²) in [6.07, 6.45) is 7.47. The molecule has 0 aromatic carbocycles. The van der Waals surface area contributed by atoms with Gasteiger partial charge >= 0.3 is 0 Å². The van der Waals surface area contributed by atoms with Gasteiger partial charge in [-0.3, -0.25) is 4.79 Å². The second-order valence-corrected chi connectivity index (χ2v) is 4.59. The maximum absolute atomic E-state index is 12.0. The first kappa shape index (κ1) is 14.5. The van der Waals surface area contributed by atoms with Crippen LogP contribution < -0.4 is 5.32 Å². The van der Waals surface area contributed by atoms with Gasteiger partial charge in [0, 0.05) is 23.7 Å². The van der Waals surface area contributed by atoms with Gasteiger partial charge in [0.05, 0.1) is 0 Å². The molecule has 1 N–H and O–H groups in total. The molecular formula is C14H17ClN2O. The SMILES string of the molecule is C#CCC(C)NC(=O)c1cc(Cl)nc(CCC)c1. The van der Waals surface area contributed by atoms with Crippen molar-refractivity contribution < 1.29 is 4.79 Å². The molecule has 1 unspecified atom stereocenters.